The molecule has 0 bridgehead atoms. The van der Waals surface area contributed by atoms with Crippen molar-refractivity contribution in [1.82, 2.24) is 9.38 Å². The van der Waals surface area contributed by atoms with E-state index in [0.717, 1.165) is 22.6 Å². The Bertz CT molecular complexity index is 835. The van der Waals surface area contributed by atoms with Gasteiger partial charge in [0.2, 0.25) is 0 Å². The number of carboxylic acids is 1. The van der Waals surface area contributed by atoms with Crippen molar-refractivity contribution < 1.29 is 14.6 Å². The second-order valence-electron chi connectivity index (χ2n) is 5.14. The molecule has 0 saturated heterocycles. The van der Waals surface area contributed by atoms with Crippen LogP contribution < -0.4 is 4.74 Å². The number of carbonyl (C=O) groups is 1. The summed E-state index contributed by atoms with van der Waals surface area (Å²) in [5.41, 5.74) is 4.03. The lowest BCUT2D eigenvalue weighted by molar-refractivity contribution is 0.0697. The molecule has 5 nitrogen and oxygen atoms in total. The number of hydrogen-bond acceptors (Lipinski definition) is 3. The molecule has 0 aliphatic rings. The summed E-state index contributed by atoms with van der Waals surface area (Å²) in [5.74, 6) is -0.221. The molecule has 0 spiro atoms. The Morgan fingerprint density at radius 3 is 2.64 bits per heavy atom. The van der Waals surface area contributed by atoms with Gasteiger partial charge in [-0.25, -0.2) is 9.78 Å². The van der Waals surface area contributed by atoms with E-state index in [0.29, 0.717) is 12.4 Å². The highest BCUT2D eigenvalue weighted by Crippen LogP contribution is 2.22. The monoisotopic (exact) mass is 296 g/mol. The summed E-state index contributed by atoms with van der Waals surface area (Å²) in [7, 11) is 0. The van der Waals surface area contributed by atoms with Crippen LogP contribution in [0.2, 0.25) is 0 Å². The predicted octanol–water partition coefficient (Wildman–Crippen LogP) is 3.23. The first-order chi connectivity index (χ1) is 10.6. The zero-order chi connectivity index (χ0) is 15.7. The van der Waals surface area contributed by atoms with E-state index >= 15 is 0 Å². The minimum atomic E-state index is -0.930. The molecule has 2 heterocycles. The smallest absolute Gasteiger partial charge is 0.335 e. The quantitative estimate of drug-likeness (QED) is 0.803. The van der Waals surface area contributed by atoms with Crippen molar-refractivity contribution in [1.29, 1.82) is 0 Å². The maximum Gasteiger partial charge on any atom is 0.335 e. The summed E-state index contributed by atoms with van der Waals surface area (Å²) < 4.78 is 7.84. The summed E-state index contributed by atoms with van der Waals surface area (Å²) >= 11 is 0. The molecule has 5 heteroatoms. The number of hydrogen-bond donors (Lipinski definition) is 1. The first-order valence-electron chi connectivity index (χ1n) is 6.95. The van der Waals surface area contributed by atoms with Crippen LogP contribution in [0.25, 0.3) is 5.65 Å². The number of aromatic carboxylic acids is 1. The van der Waals surface area contributed by atoms with Crippen molar-refractivity contribution in [3.63, 3.8) is 0 Å². The van der Waals surface area contributed by atoms with E-state index in [1.54, 1.807) is 24.3 Å². The van der Waals surface area contributed by atoms with Crippen LogP contribution in [-0.4, -0.2) is 20.5 Å². The molecular weight excluding hydrogens is 280 g/mol. The predicted molar refractivity (Wildman–Crippen MR) is 82.4 cm³/mol. The Morgan fingerprint density at radius 2 is 1.95 bits per heavy atom. The van der Waals surface area contributed by atoms with Gasteiger partial charge in [-0.15, -0.1) is 0 Å². The Hall–Kier alpha value is -2.82. The van der Waals surface area contributed by atoms with Gasteiger partial charge in [0.05, 0.1) is 11.3 Å². The van der Waals surface area contributed by atoms with Crippen LogP contribution in [0, 0.1) is 13.8 Å². The lowest BCUT2D eigenvalue weighted by atomic mass is 10.1. The van der Waals surface area contributed by atoms with E-state index in [4.69, 9.17) is 9.84 Å². The highest BCUT2D eigenvalue weighted by molar-refractivity contribution is 5.87. The average Bonchev–Trinajstić information content (AvgIpc) is 2.81. The summed E-state index contributed by atoms with van der Waals surface area (Å²) in [4.78, 5) is 15.4. The molecule has 22 heavy (non-hydrogen) atoms. The number of rotatable bonds is 4. The number of benzene rings is 1. The molecule has 0 amide bonds. The van der Waals surface area contributed by atoms with E-state index in [9.17, 15) is 4.79 Å². The molecule has 0 radical (unpaired) electrons. The van der Waals surface area contributed by atoms with Gasteiger partial charge in [-0.2, -0.15) is 0 Å². The topological polar surface area (TPSA) is 63.8 Å². The van der Waals surface area contributed by atoms with Crippen molar-refractivity contribution in [2.75, 3.05) is 0 Å². The number of aryl methyl sites for hydroxylation is 2. The van der Waals surface area contributed by atoms with Gasteiger partial charge < -0.3 is 14.2 Å². The molecule has 1 N–H and O–H groups in total. The van der Waals surface area contributed by atoms with Crippen molar-refractivity contribution in [3.8, 4) is 5.75 Å². The van der Waals surface area contributed by atoms with E-state index in [1.165, 1.54) is 0 Å². The van der Waals surface area contributed by atoms with Crippen LogP contribution in [0.5, 0.6) is 5.75 Å². The molecule has 0 aliphatic heterocycles. The van der Waals surface area contributed by atoms with Crippen molar-refractivity contribution >= 4 is 11.6 Å². The van der Waals surface area contributed by atoms with Crippen molar-refractivity contribution in [2.24, 2.45) is 0 Å². The van der Waals surface area contributed by atoms with Crippen LogP contribution >= 0.6 is 0 Å². The maximum atomic E-state index is 10.8. The zero-order valence-corrected chi connectivity index (χ0v) is 12.4. The minimum Gasteiger partial charge on any atom is -0.485 e. The molecular formula is C17H16N2O3. The van der Waals surface area contributed by atoms with E-state index in [-0.39, 0.29) is 5.56 Å². The first kappa shape index (κ1) is 14.1. The summed E-state index contributed by atoms with van der Waals surface area (Å²) in [6.07, 6.45) is 1.96. The maximum absolute atomic E-state index is 10.8. The van der Waals surface area contributed by atoms with Gasteiger partial charge in [-0.05, 0) is 43.7 Å². The molecule has 112 valence electrons. The van der Waals surface area contributed by atoms with E-state index < -0.39 is 5.97 Å². The van der Waals surface area contributed by atoms with Gasteiger partial charge in [0, 0.05) is 11.9 Å². The normalized spacial score (nSPS) is 10.8. The molecule has 0 saturated carbocycles. The molecule has 2 aromatic heterocycles. The minimum absolute atomic E-state index is 0.269. The SMILES string of the molecule is Cc1nc2c(OCc3ccc(C(=O)O)cc3)cccn2c1C. The molecule has 0 fully saturated rings. The number of fused-ring (bicyclic) bond motifs is 1. The summed E-state index contributed by atoms with van der Waals surface area (Å²) in [6.45, 7) is 4.35. The molecule has 3 aromatic rings. The lowest BCUT2D eigenvalue weighted by Gasteiger charge is -2.08. The average molecular weight is 296 g/mol. The van der Waals surface area contributed by atoms with Gasteiger partial charge in [0.25, 0.3) is 0 Å². The third kappa shape index (κ3) is 2.53. The Balaban J connectivity index is 1.82. The highest BCUT2D eigenvalue weighted by atomic mass is 16.5. The second-order valence-corrected chi connectivity index (χ2v) is 5.14. The third-order valence-electron chi connectivity index (χ3n) is 3.69. The molecule has 3 rings (SSSR count). The van der Waals surface area contributed by atoms with Crippen LogP contribution in [0.4, 0.5) is 0 Å². The summed E-state index contributed by atoms with van der Waals surface area (Å²) in [5, 5.41) is 8.89. The van der Waals surface area contributed by atoms with Crippen LogP contribution in [0.15, 0.2) is 42.6 Å². The fraction of sp³-hybridized carbons (Fsp3) is 0.176. The third-order valence-corrected chi connectivity index (χ3v) is 3.69. The number of ether oxygens (including phenoxy) is 1. The Kier molecular flexibility index (Phi) is 3.55. The Labute approximate surface area is 127 Å². The van der Waals surface area contributed by atoms with Crippen LogP contribution in [0.1, 0.15) is 27.3 Å². The van der Waals surface area contributed by atoms with Crippen LogP contribution in [-0.2, 0) is 6.61 Å². The van der Waals surface area contributed by atoms with Gasteiger partial charge in [-0.3, -0.25) is 0 Å². The number of aromatic nitrogens is 2. The van der Waals surface area contributed by atoms with Crippen molar-refractivity contribution in [3.05, 3.63) is 65.1 Å². The number of nitrogens with zero attached hydrogens (tertiary/aromatic N) is 2. The van der Waals surface area contributed by atoms with Crippen LogP contribution in [0.3, 0.4) is 0 Å². The van der Waals surface area contributed by atoms with Gasteiger partial charge >= 0.3 is 5.97 Å². The standard InChI is InChI=1S/C17H16N2O3/c1-11-12(2)19-9-3-4-15(16(19)18-11)22-10-13-5-7-14(8-6-13)17(20)21/h3-9H,10H2,1-2H3,(H,20,21). The lowest BCUT2D eigenvalue weighted by Crippen LogP contribution is -2.00. The Morgan fingerprint density at radius 1 is 1.23 bits per heavy atom. The zero-order valence-electron chi connectivity index (χ0n) is 12.4. The van der Waals surface area contributed by atoms with Gasteiger partial charge in [0.1, 0.15) is 6.61 Å². The fourth-order valence-corrected chi connectivity index (χ4v) is 2.29. The number of imidazole rings is 1. The molecule has 1 aromatic carbocycles. The highest BCUT2D eigenvalue weighted by Gasteiger charge is 2.09. The van der Waals surface area contributed by atoms with Gasteiger partial charge in [0.15, 0.2) is 11.4 Å². The van der Waals surface area contributed by atoms with Gasteiger partial charge in [-0.1, -0.05) is 12.1 Å². The first-order valence-corrected chi connectivity index (χ1v) is 6.95. The fourth-order valence-electron chi connectivity index (χ4n) is 2.29. The van der Waals surface area contributed by atoms with E-state index in [1.807, 2.05) is 36.6 Å². The molecule has 0 unspecified atom stereocenters. The molecule has 0 atom stereocenters. The number of carboxylic acid groups (broad SMARTS) is 1. The van der Waals surface area contributed by atoms with Crippen molar-refractivity contribution in [2.45, 2.75) is 20.5 Å². The summed E-state index contributed by atoms with van der Waals surface area (Å²) in [6, 6.07) is 10.5. The largest absolute Gasteiger partial charge is 0.485 e. The molecule has 0 aliphatic carbocycles. The van der Waals surface area contributed by atoms with E-state index in [2.05, 4.69) is 4.98 Å². The second kappa shape index (κ2) is 5.52. The number of pyridine rings is 1.